The summed E-state index contributed by atoms with van der Waals surface area (Å²) in [7, 11) is -0.142. The van der Waals surface area contributed by atoms with E-state index in [1.807, 2.05) is 13.8 Å². The molecule has 0 aromatic heterocycles. The van der Waals surface area contributed by atoms with Crippen molar-refractivity contribution in [2.75, 3.05) is 7.11 Å². The van der Waals surface area contributed by atoms with E-state index in [0.717, 1.165) is 0 Å². The molecule has 162 valence electrons. The number of rotatable bonds is 9. The fraction of sp³-hybridized carbons (Fsp3) is 0.600. The fourth-order valence-electron chi connectivity index (χ4n) is 2.77. The molecule has 9 heteroatoms. The summed E-state index contributed by atoms with van der Waals surface area (Å²) in [6.07, 6.45) is -0.348. The average molecular weight is 408 g/mol. The predicted octanol–water partition coefficient (Wildman–Crippen LogP) is 2.19. The van der Waals surface area contributed by atoms with Gasteiger partial charge in [-0.15, -0.1) is 0 Å². The van der Waals surface area contributed by atoms with Crippen molar-refractivity contribution in [1.29, 1.82) is 0 Å². The van der Waals surface area contributed by atoms with Gasteiger partial charge >= 0.3 is 13.2 Å². The van der Waals surface area contributed by atoms with Gasteiger partial charge in [-0.05, 0) is 50.8 Å². The van der Waals surface area contributed by atoms with Crippen LogP contribution in [0.2, 0.25) is 0 Å². The van der Waals surface area contributed by atoms with Crippen LogP contribution in [-0.4, -0.2) is 47.8 Å². The van der Waals surface area contributed by atoms with Gasteiger partial charge in [0.15, 0.2) is 0 Å². The summed E-state index contributed by atoms with van der Waals surface area (Å²) >= 11 is 0. The Hall–Kier alpha value is -2.26. The van der Waals surface area contributed by atoms with Crippen molar-refractivity contribution in [1.82, 2.24) is 10.6 Å². The Bertz CT molecular complexity index is 675. The number of nitrogens with one attached hydrogen (secondary N) is 2. The first-order valence-corrected chi connectivity index (χ1v) is 9.70. The van der Waals surface area contributed by atoms with Crippen LogP contribution in [0.1, 0.15) is 59.1 Å². The van der Waals surface area contributed by atoms with Crippen LogP contribution in [-0.2, 0) is 9.53 Å². The molecule has 0 saturated carbocycles. The Morgan fingerprint density at radius 2 is 1.83 bits per heavy atom. The molecule has 1 aromatic rings. The Morgan fingerprint density at radius 1 is 1.17 bits per heavy atom. The Kier molecular flexibility index (Phi) is 9.46. The lowest BCUT2D eigenvalue weighted by Crippen LogP contribution is -2.48. The summed E-state index contributed by atoms with van der Waals surface area (Å²) in [6.45, 7) is 9.09. The molecule has 0 aliphatic rings. The fourth-order valence-corrected chi connectivity index (χ4v) is 2.77. The van der Waals surface area contributed by atoms with Crippen molar-refractivity contribution in [3.05, 3.63) is 29.8 Å². The first-order chi connectivity index (χ1) is 13.4. The minimum Gasteiger partial charge on any atom is -0.497 e. The topological polar surface area (TPSA) is 117 Å². The van der Waals surface area contributed by atoms with E-state index in [1.54, 1.807) is 45.0 Å². The van der Waals surface area contributed by atoms with E-state index in [2.05, 4.69) is 10.6 Å². The lowest BCUT2D eigenvalue weighted by Gasteiger charge is -2.25. The van der Waals surface area contributed by atoms with Gasteiger partial charge in [0.25, 0.3) is 0 Å². The molecule has 1 rings (SSSR count). The first-order valence-electron chi connectivity index (χ1n) is 9.70. The third kappa shape index (κ3) is 9.67. The van der Waals surface area contributed by atoms with Crippen LogP contribution in [0, 0.1) is 5.92 Å². The molecule has 0 bridgehead atoms. The first kappa shape index (κ1) is 24.8. The highest BCUT2D eigenvalue weighted by Gasteiger charge is 2.28. The van der Waals surface area contributed by atoms with Crippen LogP contribution >= 0.6 is 0 Å². The second-order valence-electron chi connectivity index (χ2n) is 8.40. The van der Waals surface area contributed by atoms with Crippen molar-refractivity contribution in [3.63, 3.8) is 0 Å². The molecule has 29 heavy (non-hydrogen) atoms. The molecule has 4 N–H and O–H groups in total. The number of hydrogen-bond acceptors (Lipinski definition) is 6. The number of carbonyl (C=O) groups excluding carboxylic acids is 2. The molecule has 2 unspecified atom stereocenters. The van der Waals surface area contributed by atoms with E-state index in [4.69, 9.17) is 9.47 Å². The average Bonchev–Trinajstić information content (AvgIpc) is 2.58. The molecule has 0 spiro atoms. The molecule has 1 aromatic carbocycles. The minimum atomic E-state index is -1.67. The van der Waals surface area contributed by atoms with Crippen molar-refractivity contribution in [3.8, 4) is 5.75 Å². The second kappa shape index (κ2) is 11.1. The third-order valence-electron chi connectivity index (χ3n) is 4.01. The quantitative estimate of drug-likeness (QED) is 0.466. The zero-order valence-electron chi connectivity index (χ0n) is 18.1. The van der Waals surface area contributed by atoms with E-state index in [1.165, 1.54) is 7.11 Å². The number of ether oxygens (including phenoxy) is 2. The summed E-state index contributed by atoms with van der Waals surface area (Å²) in [5.41, 5.74) is -0.0236. The molecule has 0 aliphatic carbocycles. The van der Waals surface area contributed by atoms with Gasteiger partial charge in [-0.2, -0.15) is 0 Å². The van der Waals surface area contributed by atoms with Gasteiger partial charge in [0.2, 0.25) is 5.91 Å². The van der Waals surface area contributed by atoms with Crippen LogP contribution in [0.5, 0.6) is 5.75 Å². The van der Waals surface area contributed by atoms with Gasteiger partial charge in [0.05, 0.1) is 25.5 Å². The normalized spacial score (nSPS) is 13.4. The number of carbonyl (C=O) groups is 2. The summed E-state index contributed by atoms with van der Waals surface area (Å²) in [5.74, 6) is -0.471. The molecule has 0 heterocycles. The van der Waals surface area contributed by atoms with E-state index < -0.39 is 36.7 Å². The maximum Gasteiger partial charge on any atom is 0.475 e. The smallest absolute Gasteiger partial charge is 0.475 e. The highest BCUT2D eigenvalue weighted by Crippen LogP contribution is 2.23. The lowest BCUT2D eigenvalue weighted by molar-refractivity contribution is -0.122. The third-order valence-corrected chi connectivity index (χ3v) is 4.01. The van der Waals surface area contributed by atoms with Gasteiger partial charge < -0.3 is 30.2 Å². The number of alkyl carbamates (subject to hydrolysis) is 1. The standard InChI is InChI=1S/C20H33BN2O6/c1-13(2)10-17(21(26)27)23-18(24)12-16(22-19(25)29-20(3,4)5)14-8-7-9-15(11-14)28-6/h7-9,11,13,16-17,26-27H,10,12H2,1-6H3,(H,22,25)(H,23,24). The van der Waals surface area contributed by atoms with Gasteiger partial charge in [0.1, 0.15) is 11.4 Å². The van der Waals surface area contributed by atoms with Crippen LogP contribution in [0.3, 0.4) is 0 Å². The Balaban J connectivity index is 2.98. The van der Waals surface area contributed by atoms with Gasteiger partial charge in [-0.1, -0.05) is 26.0 Å². The lowest BCUT2D eigenvalue weighted by atomic mass is 9.75. The van der Waals surface area contributed by atoms with E-state index in [9.17, 15) is 19.6 Å². The molecular formula is C20H33BN2O6. The monoisotopic (exact) mass is 408 g/mol. The summed E-state index contributed by atoms with van der Waals surface area (Å²) in [4.78, 5) is 24.9. The molecule has 0 saturated heterocycles. The molecule has 0 radical (unpaired) electrons. The van der Waals surface area contributed by atoms with Crippen molar-refractivity contribution < 1.29 is 29.1 Å². The molecule has 8 nitrogen and oxygen atoms in total. The number of methoxy groups -OCH3 is 1. The van der Waals surface area contributed by atoms with Crippen molar-refractivity contribution in [2.45, 2.75) is 65.0 Å². The van der Waals surface area contributed by atoms with Crippen molar-refractivity contribution in [2.24, 2.45) is 5.92 Å². The van der Waals surface area contributed by atoms with Crippen LogP contribution < -0.4 is 15.4 Å². The summed E-state index contributed by atoms with van der Waals surface area (Å²) in [5, 5.41) is 24.4. The van der Waals surface area contributed by atoms with Crippen LogP contribution in [0.25, 0.3) is 0 Å². The van der Waals surface area contributed by atoms with E-state index >= 15 is 0 Å². The van der Waals surface area contributed by atoms with E-state index in [-0.39, 0.29) is 12.3 Å². The second-order valence-corrected chi connectivity index (χ2v) is 8.40. The zero-order valence-corrected chi connectivity index (χ0v) is 18.1. The summed E-state index contributed by atoms with van der Waals surface area (Å²) < 4.78 is 10.5. The molecule has 0 aliphatic heterocycles. The zero-order chi connectivity index (χ0) is 22.2. The largest absolute Gasteiger partial charge is 0.497 e. The van der Waals surface area contributed by atoms with Crippen LogP contribution in [0.15, 0.2) is 24.3 Å². The SMILES string of the molecule is COc1cccc(C(CC(=O)NC(CC(C)C)B(O)O)NC(=O)OC(C)(C)C)c1. The van der Waals surface area contributed by atoms with Gasteiger partial charge in [-0.25, -0.2) is 4.79 Å². The molecule has 2 atom stereocenters. The Labute approximate surface area is 173 Å². The highest BCUT2D eigenvalue weighted by atomic mass is 16.6. The Morgan fingerprint density at radius 3 is 2.34 bits per heavy atom. The van der Waals surface area contributed by atoms with Crippen LogP contribution in [0.4, 0.5) is 4.79 Å². The molecule has 0 fully saturated rings. The van der Waals surface area contributed by atoms with E-state index in [0.29, 0.717) is 17.7 Å². The maximum atomic E-state index is 12.6. The number of hydrogen-bond donors (Lipinski definition) is 4. The van der Waals surface area contributed by atoms with Gasteiger partial charge in [-0.3, -0.25) is 4.79 Å². The highest BCUT2D eigenvalue weighted by molar-refractivity contribution is 6.43. The van der Waals surface area contributed by atoms with Gasteiger partial charge in [0, 0.05) is 0 Å². The minimum absolute atomic E-state index is 0.103. The summed E-state index contributed by atoms with van der Waals surface area (Å²) in [6, 6.07) is 6.33. The predicted molar refractivity (Wildman–Crippen MR) is 111 cm³/mol. The number of amides is 2. The number of benzene rings is 1. The maximum absolute atomic E-state index is 12.6. The molecule has 2 amide bonds. The molecular weight excluding hydrogens is 375 g/mol. The van der Waals surface area contributed by atoms with Crippen molar-refractivity contribution >= 4 is 19.1 Å².